The van der Waals surface area contributed by atoms with Crippen LogP contribution in [0.2, 0.25) is 0 Å². The summed E-state index contributed by atoms with van der Waals surface area (Å²) in [6, 6.07) is 1.95. The molecular formula is C13H12IN5O6S. The number of aromatic nitrogens is 3. The molecule has 1 aromatic heterocycles. The van der Waals surface area contributed by atoms with Crippen molar-refractivity contribution in [3.63, 3.8) is 0 Å². The van der Waals surface area contributed by atoms with Gasteiger partial charge in [-0.15, -0.1) is 4.31 Å². The third kappa shape index (κ3) is 3.82. The van der Waals surface area contributed by atoms with Crippen LogP contribution in [0.1, 0.15) is 16.2 Å². The highest BCUT2D eigenvalue weighted by atomic mass is 127. The van der Waals surface area contributed by atoms with Crippen molar-refractivity contribution in [2.45, 2.75) is 11.8 Å². The molecule has 0 saturated carbocycles. The number of carboxylic acid groups (broad SMARTS) is 1. The smallest absolute Gasteiger partial charge is 0.337 e. The van der Waals surface area contributed by atoms with Gasteiger partial charge in [0, 0.05) is 3.57 Å². The molecule has 1 aromatic carbocycles. The molecule has 0 atom stereocenters. The number of carbonyl (C=O) groups is 2. The Balaban J connectivity index is 2.76. The molecule has 11 nitrogen and oxygen atoms in total. The molecule has 1 heterocycles. The van der Waals surface area contributed by atoms with Crippen molar-refractivity contribution in [1.82, 2.24) is 15.0 Å². The minimum Gasteiger partial charge on any atom is -0.478 e. The van der Waals surface area contributed by atoms with Gasteiger partial charge in [0.2, 0.25) is 0 Å². The van der Waals surface area contributed by atoms with Crippen LogP contribution in [0, 0.1) is 10.5 Å². The van der Waals surface area contributed by atoms with Gasteiger partial charge in [0.05, 0.1) is 12.7 Å². The predicted molar refractivity (Wildman–Crippen MR) is 96.5 cm³/mol. The molecule has 2 rings (SSSR count). The average Bonchev–Trinajstić information content (AvgIpc) is 2.53. The number of nitrogens with zero attached hydrogens (tertiary/aromatic N) is 4. The van der Waals surface area contributed by atoms with Gasteiger partial charge in [-0.05, 0) is 47.7 Å². The summed E-state index contributed by atoms with van der Waals surface area (Å²) in [4.78, 5) is 33.9. The van der Waals surface area contributed by atoms with E-state index in [1.54, 1.807) is 22.6 Å². The second kappa shape index (κ2) is 7.36. The number of methoxy groups -OCH3 is 1. The van der Waals surface area contributed by atoms with E-state index in [2.05, 4.69) is 15.0 Å². The fraction of sp³-hybridized carbons (Fsp3) is 0.154. The van der Waals surface area contributed by atoms with E-state index in [0.717, 1.165) is 12.1 Å². The monoisotopic (exact) mass is 493 g/mol. The second-order valence-corrected chi connectivity index (χ2v) is 7.72. The summed E-state index contributed by atoms with van der Waals surface area (Å²) in [5.74, 6) is -2.04. The van der Waals surface area contributed by atoms with Gasteiger partial charge >= 0.3 is 18.0 Å². The fourth-order valence-corrected chi connectivity index (χ4v) is 4.08. The first kappa shape index (κ1) is 19.8. The highest BCUT2D eigenvalue weighted by Gasteiger charge is 2.35. The van der Waals surface area contributed by atoms with Crippen LogP contribution in [-0.2, 0) is 10.0 Å². The molecule has 0 aliphatic carbocycles. The minimum atomic E-state index is -4.73. The number of hydrogen-bond acceptors (Lipinski definition) is 8. The predicted octanol–water partition coefficient (Wildman–Crippen LogP) is 0.765. The summed E-state index contributed by atoms with van der Waals surface area (Å²) in [5.41, 5.74) is 4.68. The van der Waals surface area contributed by atoms with Gasteiger partial charge in [-0.25, -0.2) is 18.0 Å². The Labute approximate surface area is 161 Å². The number of sulfonamides is 1. The zero-order valence-electron chi connectivity index (χ0n) is 13.4. The Bertz CT molecular complexity index is 997. The van der Waals surface area contributed by atoms with E-state index in [4.69, 9.17) is 10.5 Å². The number of carboxylic acids is 1. The molecule has 0 aliphatic rings. The maximum Gasteiger partial charge on any atom is 0.337 e. The number of carbonyl (C=O) groups excluding carboxylic acids is 1. The van der Waals surface area contributed by atoms with Gasteiger partial charge in [0.15, 0.2) is 0 Å². The van der Waals surface area contributed by atoms with Crippen molar-refractivity contribution in [1.29, 1.82) is 0 Å². The lowest BCUT2D eigenvalue weighted by atomic mass is 10.2. The number of primary amides is 1. The SMILES string of the molecule is COc1nc(C)nc(N(C(N)=O)S(=O)(=O)c2cc(I)ccc2C(=O)O)n1. The third-order valence-electron chi connectivity index (χ3n) is 2.97. The van der Waals surface area contributed by atoms with Gasteiger partial charge in [0.25, 0.3) is 16.0 Å². The molecule has 13 heteroatoms. The van der Waals surface area contributed by atoms with E-state index in [0.29, 0.717) is 3.57 Å². The Morgan fingerprint density at radius 3 is 2.46 bits per heavy atom. The van der Waals surface area contributed by atoms with Crippen LogP contribution in [0.25, 0.3) is 0 Å². The first-order valence-electron chi connectivity index (χ1n) is 6.72. The third-order valence-corrected chi connectivity index (χ3v) is 5.36. The van der Waals surface area contributed by atoms with Crippen LogP contribution in [0.15, 0.2) is 23.1 Å². The quantitative estimate of drug-likeness (QED) is 0.572. The number of benzene rings is 1. The van der Waals surface area contributed by atoms with E-state index < -0.39 is 38.4 Å². The number of hydrogen-bond donors (Lipinski definition) is 2. The number of urea groups is 1. The largest absolute Gasteiger partial charge is 0.478 e. The summed E-state index contributed by atoms with van der Waals surface area (Å²) in [7, 11) is -3.49. The van der Waals surface area contributed by atoms with E-state index in [1.807, 2.05) is 0 Å². The molecule has 0 spiro atoms. The number of rotatable bonds is 5. The van der Waals surface area contributed by atoms with Crippen molar-refractivity contribution >= 4 is 50.6 Å². The number of nitrogens with two attached hydrogens (primary N) is 1. The number of anilines is 1. The summed E-state index contributed by atoms with van der Waals surface area (Å²) in [6.07, 6.45) is 0. The molecule has 0 bridgehead atoms. The van der Waals surface area contributed by atoms with Crippen molar-refractivity contribution in [2.75, 3.05) is 11.4 Å². The highest BCUT2D eigenvalue weighted by molar-refractivity contribution is 14.1. The number of amides is 2. The lowest BCUT2D eigenvalue weighted by Crippen LogP contribution is -2.42. The van der Waals surface area contributed by atoms with Crippen LogP contribution in [0.5, 0.6) is 6.01 Å². The summed E-state index contributed by atoms with van der Waals surface area (Å²) < 4.78 is 31.3. The number of ether oxygens (including phenoxy) is 1. The number of aromatic carboxylic acids is 1. The second-order valence-electron chi connectivity index (χ2n) is 4.72. The summed E-state index contributed by atoms with van der Waals surface area (Å²) in [5, 5.41) is 9.27. The standard InChI is InChI=1S/C13H12IN5O6S/c1-6-16-12(18-13(17-6)25-2)19(11(15)22)26(23,24)9-5-7(14)3-4-8(9)10(20)21/h3-5H,1-2H3,(H2,15,22)(H,20,21). The highest BCUT2D eigenvalue weighted by Crippen LogP contribution is 2.26. The van der Waals surface area contributed by atoms with E-state index in [9.17, 15) is 23.1 Å². The van der Waals surface area contributed by atoms with Gasteiger partial charge < -0.3 is 15.6 Å². The van der Waals surface area contributed by atoms with Crippen LogP contribution in [0.4, 0.5) is 10.7 Å². The van der Waals surface area contributed by atoms with E-state index >= 15 is 0 Å². The molecule has 2 aromatic rings. The zero-order valence-corrected chi connectivity index (χ0v) is 16.3. The Morgan fingerprint density at radius 2 is 1.92 bits per heavy atom. The molecule has 0 saturated heterocycles. The van der Waals surface area contributed by atoms with Crippen LogP contribution >= 0.6 is 22.6 Å². The van der Waals surface area contributed by atoms with Gasteiger partial charge in [0.1, 0.15) is 10.7 Å². The molecule has 0 aliphatic heterocycles. The minimum absolute atomic E-state index is 0.0643. The normalized spacial score (nSPS) is 11.0. The topological polar surface area (TPSA) is 166 Å². The van der Waals surface area contributed by atoms with E-state index in [-0.39, 0.29) is 16.1 Å². The molecule has 0 unspecified atom stereocenters. The lowest BCUT2D eigenvalue weighted by Gasteiger charge is -2.20. The summed E-state index contributed by atoms with van der Waals surface area (Å²) >= 11 is 1.80. The first-order valence-corrected chi connectivity index (χ1v) is 9.24. The fourth-order valence-electron chi connectivity index (χ4n) is 1.93. The van der Waals surface area contributed by atoms with Gasteiger partial charge in [-0.2, -0.15) is 15.0 Å². The van der Waals surface area contributed by atoms with Crippen LogP contribution in [-0.4, -0.2) is 47.6 Å². The molecule has 3 N–H and O–H groups in total. The van der Waals surface area contributed by atoms with E-state index in [1.165, 1.54) is 20.1 Å². The van der Waals surface area contributed by atoms with Gasteiger partial charge in [-0.1, -0.05) is 0 Å². The zero-order chi connectivity index (χ0) is 19.6. The first-order chi connectivity index (χ1) is 12.1. The maximum atomic E-state index is 13.0. The lowest BCUT2D eigenvalue weighted by molar-refractivity contribution is 0.0692. The molecule has 2 amide bonds. The Morgan fingerprint density at radius 1 is 1.27 bits per heavy atom. The van der Waals surface area contributed by atoms with Crippen molar-refractivity contribution < 1.29 is 27.9 Å². The van der Waals surface area contributed by atoms with Crippen LogP contribution in [0.3, 0.4) is 0 Å². The molecule has 138 valence electrons. The van der Waals surface area contributed by atoms with Gasteiger partial charge in [-0.3, -0.25) is 0 Å². The summed E-state index contributed by atoms with van der Waals surface area (Å²) in [6.45, 7) is 1.42. The number of halogens is 1. The molecular weight excluding hydrogens is 481 g/mol. The average molecular weight is 493 g/mol. The number of aryl methyl sites for hydroxylation is 1. The van der Waals surface area contributed by atoms with Crippen molar-refractivity contribution in [3.8, 4) is 6.01 Å². The molecule has 26 heavy (non-hydrogen) atoms. The Kier molecular flexibility index (Phi) is 5.60. The maximum absolute atomic E-state index is 13.0. The molecule has 0 radical (unpaired) electrons. The molecule has 0 fully saturated rings. The van der Waals surface area contributed by atoms with Crippen molar-refractivity contribution in [3.05, 3.63) is 33.2 Å². The van der Waals surface area contributed by atoms with Crippen molar-refractivity contribution in [2.24, 2.45) is 5.73 Å². The Hall–Kier alpha value is -2.55. The van der Waals surface area contributed by atoms with Crippen LogP contribution < -0.4 is 14.8 Å².